The van der Waals surface area contributed by atoms with Crippen LogP contribution in [-0.2, 0) is 11.2 Å². The topological polar surface area (TPSA) is 29.1 Å². The van der Waals surface area contributed by atoms with Gasteiger partial charge in [-0.1, -0.05) is 19.8 Å². The molecule has 1 fully saturated rings. The molecular weight excluding hydrogens is 266 g/mol. The molecule has 0 bridgehead atoms. The molecule has 1 aliphatic carbocycles. The molecule has 100 valence electrons. The van der Waals surface area contributed by atoms with E-state index in [1.807, 2.05) is 16.8 Å². The van der Waals surface area contributed by atoms with Crippen molar-refractivity contribution in [1.29, 1.82) is 0 Å². The average Bonchev–Trinajstić information content (AvgIpc) is 2.81. The second-order valence-electron chi connectivity index (χ2n) is 5.47. The lowest BCUT2D eigenvalue weighted by Crippen LogP contribution is -2.53. The molecule has 18 heavy (non-hydrogen) atoms. The standard InChI is InChI=1S/C14H20ClNOS/c1-11-3-2-5-14(8-11,10-15)16-13(17)7-12-4-6-18-9-12/h4,6,9,11H,2-3,5,7-8,10H2,1H3,(H,16,17). The maximum absolute atomic E-state index is 12.1. The first-order chi connectivity index (χ1) is 8.63. The Kier molecular flexibility index (Phi) is 4.68. The summed E-state index contributed by atoms with van der Waals surface area (Å²) in [6.45, 7) is 2.24. The SMILES string of the molecule is CC1CCCC(CCl)(NC(=O)Cc2ccsc2)C1. The normalized spacial score (nSPS) is 28.0. The molecule has 2 atom stereocenters. The number of amides is 1. The van der Waals surface area contributed by atoms with E-state index in [4.69, 9.17) is 11.6 Å². The summed E-state index contributed by atoms with van der Waals surface area (Å²) < 4.78 is 0. The third-order valence-corrected chi connectivity index (χ3v) is 4.94. The smallest absolute Gasteiger partial charge is 0.224 e. The van der Waals surface area contributed by atoms with Gasteiger partial charge in [-0.05, 0) is 41.1 Å². The summed E-state index contributed by atoms with van der Waals surface area (Å²) in [6.07, 6.45) is 4.89. The molecule has 2 nitrogen and oxygen atoms in total. The third-order valence-electron chi connectivity index (χ3n) is 3.70. The lowest BCUT2D eigenvalue weighted by Gasteiger charge is -2.39. The van der Waals surface area contributed by atoms with Crippen LogP contribution in [0.1, 0.15) is 38.2 Å². The predicted molar refractivity (Wildman–Crippen MR) is 77.2 cm³/mol. The van der Waals surface area contributed by atoms with E-state index in [1.54, 1.807) is 11.3 Å². The van der Waals surface area contributed by atoms with Crippen molar-refractivity contribution >= 4 is 28.8 Å². The number of nitrogens with one attached hydrogen (secondary N) is 1. The maximum Gasteiger partial charge on any atom is 0.224 e. The highest BCUT2D eigenvalue weighted by Crippen LogP contribution is 2.33. The number of rotatable bonds is 4. The summed E-state index contributed by atoms with van der Waals surface area (Å²) in [5.41, 5.74) is 0.915. The van der Waals surface area contributed by atoms with E-state index in [0.717, 1.165) is 24.8 Å². The van der Waals surface area contributed by atoms with Crippen LogP contribution in [0.2, 0.25) is 0 Å². The number of hydrogen-bond donors (Lipinski definition) is 1. The molecule has 1 N–H and O–H groups in total. The fraction of sp³-hybridized carbons (Fsp3) is 0.643. The van der Waals surface area contributed by atoms with Crippen molar-refractivity contribution in [2.45, 2.75) is 44.6 Å². The van der Waals surface area contributed by atoms with E-state index >= 15 is 0 Å². The van der Waals surface area contributed by atoms with Gasteiger partial charge in [0.05, 0.1) is 12.0 Å². The van der Waals surface area contributed by atoms with Gasteiger partial charge in [0, 0.05) is 5.88 Å². The Hall–Kier alpha value is -0.540. The molecule has 0 aromatic carbocycles. The van der Waals surface area contributed by atoms with E-state index in [2.05, 4.69) is 12.2 Å². The average molecular weight is 286 g/mol. The molecule has 4 heteroatoms. The van der Waals surface area contributed by atoms with Gasteiger partial charge in [0.2, 0.25) is 5.91 Å². The molecule has 2 rings (SSSR count). The summed E-state index contributed by atoms with van der Waals surface area (Å²) >= 11 is 7.74. The molecule has 1 saturated carbocycles. The lowest BCUT2D eigenvalue weighted by molar-refractivity contribution is -0.122. The Balaban J connectivity index is 1.95. The van der Waals surface area contributed by atoms with Crippen LogP contribution in [0, 0.1) is 5.92 Å². The third kappa shape index (κ3) is 3.48. The van der Waals surface area contributed by atoms with Crippen LogP contribution < -0.4 is 5.32 Å². The molecule has 0 aliphatic heterocycles. The van der Waals surface area contributed by atoms with Crippen LogP contribution in [0.15, 0.2) is 16.8 Å². The van der Waals surface area contributed by atoms with Gasteiger partial charge in [0.15, 0.2) is 0 Å². The number of carbonyl (C=O) groups is 1. The number of thiophene rings is 1. The largest absolute Gasteiger partial charge is 0.349 e. The van der Waals surface area contributed by atoms with E-state index in [-0.39, 0.29) is 11.4 Å². The Morgan fingerprint density at radius 3 is 3.11 bits per heavy atom. The van der Waals surface area contributed by atoms with Crippen LogP contribution in [0.3, 0.4) is 0 Å². The van der Waals surface area contributed by atoms with Gasteiger partial charge in [0.25, 0.3) is 0 Å². The minimum atomic E-state index is -0.174. The Labute approximate surface area is 118 Å². The fourth-order valence-corrected chi connectivity index (χ4v) is 3.83. The fourth-order valence-electron chi connectivity index (χ4n) is 2.85. The van der Waals surface area contributed by atoms with Crippen molar-refractivity contribution in [3.05, 3.63) is 22.4 Å². The lowest BCUT2D eigenvalue weighted by atomic mass is 9.77. The molecule has 0 radical (unpaired) electrons. The number of alkyl halides is 1. The van der Waals surface area contributed by atoms with E-state index < -0.39 is 0 Å². The molecule has 1 aromatic heterocycles. The zero-order valence-corrected chi connectivity index (χ0v) is 12.3. The molecular formula is C14H20ClNOS. The minimum absolute atomic E-state index is 0.100. The van der Waals surface area contributed by atoms with Crippen LogP contribution in [0.5, 0.6) is 0 Å². The quantitative estimate of drug-likeness (QED) is 0.842. The first-order valence-electron chi connectivity index (χ1n) is 6.52. The second kappa shape index (κ2) is 6.07. The molecule has 1 heterocycles. The molecule has 2 unspecified atom stereocenters. The highest BCUT2D eigenvalue weighted by Gasteiger charge is 2.35. The van der Waals surface area contributed by atoms with Gasteiger partial charge >= 0.3 is 0 Å². The van der Waals surface area contributed by atoms with Crippen molar-refractivity contribution in [2.24, 2.45) is 5.92 Å². The van der Waals surface area contributed by atoms with Crippen LogP contribution in [0.25, 0.3) is 0 Å². The highest BCUT2D eigenvalue weighted by atomic mass is 35.5. The Morgan fingerprint density at radius 2 is 2.50 bits per heavy atom. The summed E-state index contributed by atoms with van der Waals surface area (Å²) in [6, 6.07) is 2.00. The Morgan fingerprint density at radius 1 is 1.67 bits per heavy atom. The highest BCUT2D eigenvalue weighted by molar-refractivity contribution is 7.07. The van der Waals surface area contributed by atoms with Crippen molar-refractivity contribution in [3.8, 4) is 0 Å². The minimum Gasteiger partial charge on any atom is -0.349 e. The van der Waals surface area contributed by atoms with Gasteiger partial charge in [-0.15, -0.1) is 11.6 Å². The van der Waals surface area contributed by atoms with Crippen molar-refractivity contribution in [2.75, 3.05) is 5.88 Å². The van der Waals surface area contributed by atoms with Gasteiger partial charge in [-0.3, -0.25) is 4.79 Å². The van der Waals surface area contributed by atoms with Gasteiger partial charge in [0.1, 0.15) is 0 Å². The van der Waals surface area contributed by atoms with Crippen LogP contribution in [0.4, 0.5) is 0 Å². The molecule has 0 spiro atoms. The Bertz CT molecular complexity index is 393. The van der Waals surface area contributed by atoms with Crippen LogP contribution >= 0.6 is 22.9 Å². The molecule has 0 saturated heterocycles. The summed E-state index contributed by atoms with van der Waals surface area (Å²) in [7, 11) is 0. The first-order valence-corrected chi connectivity index (χ1v) is 7.99. The number of halogens is 1. The van der Waals surface area contributed by atoms with E-state index in [0.29, 0.717) is 18.2 Å². The maximum atomic E-state index is 12.1. The number of hydrogen-bond acceptors (Lipinski definition) is 2. The summed E-state index contributed by atoms with van der Waals surface area (Å²) in [5.74, 6) is 1.27. The predicted octanol–water partition coefficient (Wildman–Crippen LogP) is 3.59. The summed E-state index contributed by atoms with van der Waals surface area (Å²) in [5, 5.41) is 7.21. The van der Waals surface area contributed by atoms with Crippen molar-refractivity contribution < 1.29 is 4.79 Å². The van der Waals surface area contributed by atoms with E-state index in [9.17, 15) is 4.79 Å². The summed E-state index contributed by atoms with van der Waals surface area (Å²) in [4.78, 5) is 12.1. The first kappa shape index (κ1) is 13.9. The second-order valence-corrected chi connectivity index (χ2v) is 6.52. The van der Waals surface area contributed by atoms with Crippen LogP contribution in [-0.4, -0.2) is 17.3 Å². The zero-order valence-electron chi connectivity index (χ0n) is 10.7. The van der Waals surface area contributed by atoms with Crippen molar-refractivity contribution in [3.63, 3.8) is 0 Å². The van der Waals surface area contributed by atoms with Gasteiger partial charge < -0.3 is 5.32 Å². The molecule has 1 aliphatic rings. The monoisotopic (exact) mass is 285 g/mol. The van der Waals surface area contributed by atoms with Gasteiger partial charge in [-0.25, -0.2) is 0 Å². The zero-order chi connectivity index (χ0) is 13.0. The van der Waals surface area contributed by atoms with Crippen molar-refractivity contribution in [1.82, 2.24) is 5.32 Å². The number of carbonyl (C=O) groups excluding carboxylic acids is 1. The molecule has 1 aromatic rings. The van der Waals surface area contributed by atoms with Gasteiger partial charge in [-0.2, -0.15) is 11.3 Å². The molecule has 1 amide bonds. The van der Waals surface area contributed by atoms with E-state index in [1.165, 1.54) is 6.42 Å².